The molecule has 0 aliphatic rings. The topological polar surface area (TPSA) is 84.9 Å². The lowest BCUT2D eigenvalue weighted by atomic mass is 10.1. The highest BCUT2D eigenvalue weighted by Crippen LogP contribution is 2.29. The highest BCUT2D eigenvalue weighted by atomic mass is 127. The Kier molecular flexibility index (Phi) is 12.7. The number of anilines is 1. The normalized spacial score (nSPS) is 12.6. The number of rotatable bonds is 11. The molecular weight excluding hydrogens is 707 g/mol. The molecule has 0 saturated carbocycles. The zero-order chi connectivity index (χ0) is 27.8. The summed E-state index contributed by atoms with van der Waals surface area (Å²) in [5, 5.41) is 2.26. The van der Waals surface area contributed by atoms with Crippen molar-refractivity contribution in [3.8, 4) is 0 Å². The maximum atomic E-state index is 14.9. The molecule has 1 aromatic carbocycles. The first-order valence-electron chi connectivity index (χ1n) is 11.3. The molecule has 36 heavy (non-hydrogen) atoms. The molecule has 0 aliphatic carbocycles. The van der Waals surface area contributed by atoms with Crippen LogP contribution in [0.1, 0.15) is 64.7 Å². The van der Waals surface area contributed by atoms with Gasteiger partial charge in [0.05, 0.1) is 5.56 Å². The molecule has 1 atom stereocenters. The van der Waals surface area contributed by atoms with Crippen LogP contribution in [0.25, 0.3) is 0 Å². The van der Waals surface area contributed by atoms with Gasteiger partial charge < -0.3 is 19.7 Å². The Hall–Kier alpha value is -1.32. The van der Waals surface area contributed by atoms with Crippen molar-refractivity contribution in [3.63, 3.8) is 0 Å². The molecule has 0 radical (unpaired) electrons. The third kappa shape index (κ3) is 10.6. The quantitative estimate of drug-likeness (QED) is 0.143. The SMILES string of the molecule is CC(C)(C)OC(=O)CCC(NC(=O)c1cc(F)c(N(CCI)CCI)c(F)c1F)C(=O)OC(C)(C)C. The number of halogens is 5. The molecule has 0 aromatic heterocycles. The molecule has 0 aliphatic heterocycles. The van der Waals surface area contributed by atoms with E-state index < -0.39 is 63.8 Å². The molecule has 204 valence electrons. The summed E-state index contributed by atoms with van der Waals surface area (Å²) >= 11 is 4.08. The predicted molar refractivity (Wildman–Crippen MR) is 148 cm³/mol. The van der Waals surface area contributed by atoms with Gasteiger partial charge in [-0.2, -0.15) is 0 Å². The Morgan fingerprint density at radius 3 is 1.94 bits per heavy atom. The average Bonchev–Trinajstić information content (AvgIpc) is 2.71. The van der Waals surface area contributed by atoms with Crippen molar-refractivity contribution in [1.82, 2.24) is 5.32 Å². The van der Waals surface area contributed by atoms with E-state index >= 15 is 0 Å². The summed E-state index contributed by atoms with van der Waals surface area (Å²) in [6.07, 6.45) is -0.480. The molecule has 0 spiro atoms. The minimum atomic E-state index is -1.54. The molecule has 12 heteroatoms. The van der Waals surface area contributed by atoms with Gasteiger partial charge in [0.1, 0.15) is 22.9 Å². The van der Waals surface area contributed by atoms with E-state index in [2.05, 4.69) is 5.32 Å². The monoisotopic (exact) mass is 740 g/mol. The van der Waals surface area contributed by atoms with Gasteiger partial charge in [-0.05, 0) is 54.0 Å². The van der Waals surface area contributed by atoms with Gasteiger partial charge in [0.15, 0.2) is 17.5 Å². The first-order chi connectivity index (χ1) is 16.5. The van der Waals surface area contributed by atoms with Gasteiger partial charge in [0, 0.05) is 28.4 Å². The van der Waals surface area contributed by atoms with Gasteiger partial charge in [0.2, 0.25) is 0 Å². The number of hydrogen-bond donors (Lipinski definition) is 1. The second-order valence-corrected chi connectivity index (χ2v) is 12.1. The van der Waals surface area contributed by atoms with Gasteiger partial charge in [-0.15, -0.1) is 0 Å². The minimum absolute atomic E-state index is 0.223. The van der Waals surface area contributed by atoms with Crippen LogP contribution < -0.4 is 10.2 Å². The van der Waals surface area contributed by atoms with Crippen molar-refractivity contribution >= 4 is 68.7 Å². The highest BCUT2D eigenvalue weighted by Gasteiger charge is 2.31. The molecule has 0 fully saturated rings. The van der Waals surface area contributed by atoms with E-state index in [4.69, 9.17) is 9.47 Å². The van der Waals surface area contributed by atoms with Crippen LogP contribution in [0.2, 0.25) is 0 Å². The van der Waals surface area contributed by atoms with Crippen LogP contribution in [0.5, 0.6) is 0 Å². The van der Waals surface area contributed by atoms with Crippen LogP contribution >= 0.6 is 45.2 Å². The maximum Gasteiger partial charge on any atom is 0.329 e. The molecule has 1 N–H and O–H groups in total. The molecule has 1 rings (SSSR count). The van der Waals surface area contributed by atoms with Crippen LogP contribution in [0.4, 0.5) is 18.9 Å². The van der Waals surface area contributed by atoms with Gasteiger partial charge in [-0.25, -0.2) is 18.0 Å². The van der Waals surface area contributed by atoms with E-state index in [-0.39, 0.29) is 25.9 Å². The van der Waals surface area contributed by atoms with Crippen molar-refractivity contribution in [2.45, 2.75) is 71.6 Å². The number of carbonyl (C=O) groups is 3. The fourth-order valence-corrected chi connectivity index (χ4v) is 4.26. The smallest absolute Gasteiger partial charge is 0.329 e. The third-order valence-electron chi connectivity index (χ3n) is 4.46. The van der Waals surface area contributed by atoms with Crippen LogP contribution in [0.3, 0.4) is 0 Å². The molecular formula is C24H33F3I2N2O5. The number of alkyl halides is 2. The summed E-state index contributed by atoms with van der Waals surface area (Å²) in [7, 11) is 0. The number of nitrogens with zero attached hydrogens (tertiary/aromatic N) is 1. The third-order valence-corrected chi connectivity index (χ3v) is 5.42. The van der Waals surface area contributed by atoms with E-state index in [0.717, 1.165) is 0 Å². The fourth-order valence-electron chi connectivity index (χ4n) is 3.09. The van der Waals surface area contributed by atoms with E-state index in [1.54, 1.807) is 41.5 Å². The molecule has 0 heterocycles. The van der Waals surface area contributed by atoms with Crippen LogP contribution in [0, 0.1) is 17.5 Å². The van der Waals surface area contributed by atoms with Crippen molar-refractivity contribution < 1.29 is 37.0 Å². The Balaban J connectivity index is 3.24. The Morgan fingerprint density at radius 1 is 0.944 bits per heavy atom. The second kappa shape index (κ2) is 14.0. The second-order valence-electron chi connectivity index (χ2n) is 9.93. The lowest BCUT2D eigenvalue weighted by molar-refractivity contribution is -0.158. The largest absolute Gasteiger partial charge is 0.460 e. The maximum absolute atomic E-state index is 14.9. The van der Waals surface area contributed by atoms with Crippen molar-refractivity contribution in [1.29, 1.82) is 0 Å². The zero-order valence-electron chi connectivity index (χ0n) is 21.3. The number of carbonyl (C=O) groups excluding carboxylic acids is 3. The standard InChI is InChI=1S/C24H33F3I2N2O5/c1-23(2,3)35-17(32)8-7-16(22(34)36-24(4,5)6)30-21(33)14-13-15(25)20(19(27)18(14)26)31(11-9-28)12-10-29/h13,16H,7-12H2,1-6H3,(H,30,33). The molecule has 0 bridgehead atoms. The average molecular weight is 740 g/mol. The van der Waals surface area contributed by atoms with E-state index in [9.17, 15) is 27.6 Å². The number of benzene rings is 1. The van der Waals surface area contributed by atoms with Crippen molar-refractivity contribution in [2.75, 3.05) is 26.8 Å². The summed E-state index contributed by atoms with van der Waals surface area (Å²) in [5.74, 6) is -6.85. The lowest BCUT2D eigenvalue weighted by Crippen LogP contribution is -2.45. The van der Waals surface area contributed by atoms with E-state index in [1.807, 2.05) is 45.2 Å². The number of ether oxygens (including phenoxy) is 2. The zero-order valence-corrected chi connectivity index (χ0v) is 25.6. The number of esters is 2. The number of amides is 1. The molecule has 1 unspecified atom stereocenters. The van der Waals surface area contributed by atoms with Crippen molar-refractivity contribution in [3.05, 3.63) is 29.1 Å². The van der Waals surface area contributed by atoms with Crippen LogP contribution in [-0.2, 0) is 19.1 Å². The number of nitrogens with one attached hydrogen (secondary N) is 1. The van der Waals surface area contributed by atoms with Gasteiger partial charge >= 0.3 is 11.9 Å². The number of hydrogen-bond acceptors (Lipinski definition) is 6. The summed E-state index contributed by atoms with van der Waals surface area (Å²) < 4.78 is 56.3. The van der Waals surface area contributed by atoms with E-state index in [0.29, 0.717) is 14.9 Å². The Morgan fingerprint density at radius 2 is 1.47 bits per heavy atom. The summed E-state index contributed by atoms with van der Waals surface area (Å²) in [6.45, 7) is 10.4. The Labute approximate surface area is 237 Å². The molecule has 1 amide bonds. The summed E-state index contributed by atoms with van der Waals surface area (Å²) in [5.41, 5.74) is -3.13. The first-order valence-corrected chi connectivity index (χ1v) is 14.4. The fraction of sp³-hybridized carbons (Fsp3) is 0.625. The predicted octanol–water partition coefficient (Wildman–Crippen LogP) is 5.34. The van der Waals surface area contributed by atoms with Crippen LogP contribution in [0.15, 0.2) is 6.07 Å². The lowest BCUT2D eigenvalue weighted by Gasteiger charge is -2.26. The van der Waals surface area contributed by atoms with Gasteiger partial charge in [-0.1, -0.05) is 45.2 Å². The van der Waals surface area contributed by atoms with Gasteiger partial charge in [-0.3, -0.25) is 9.59 Å². The van der Waals surface area contributed by atoms with Crippen LogP contribution in [-0.4, -0.2) is 57.0 Å². The van der Waals surface area contributed by atoms with Gasteiger partial charge in [0.25, 0.3) is 5.91 Å². The summed E-state index contributed by atoms with van der Waals surface area (Å²) in [4.78, 5) is 39.0. The molecule has 0 saturated heterocycles. The molecule has 7 nitrogen and oxygen atoms in total. The summed E-state index contributed by atoms with van der Waals surface area (Å²) in [6, 6.07) is -0.778. The minimum Gasteiger partial charge on any atom is -0.460 e. The van der Waals surface area contributed by atoms with E-state index in [1.165, 1.54) is 4.90 Å². The highest BCUT2D eigenvalue weighted by molar-refractivity contribution is 14.1. The molecule has 1 aromatic rings. The van der Waals surface area contributed by atoms with Crippen molar-refractivity contribution in [2.24, 2.45) is 0 Å². The Bertz CT molecular complexity index is 943. The first kappa shape index (κ1) is 32.7.